The number of hydrogen-bond donors (Lipinski definition) is 1. The Bertz CT molecular complexity index is 540. The Morgan fingerprint density at radius 2 is 2.18 bits per heavy atom. The third-order valence-corrected chi connectivity index (χ3v) is 3.72. The van der Waals surface area contributed by atoms with Gasteiger partial charge in [0.1, 0.15) is 11.4 Å². The summed E-state index contributed by atoms with van der Waals surface area (Å²) >= 11 is 0. The molecule has 1 N–H and O–H groups in total. The predicted octanol–water partition coefficient (Wildman–Crippen LogP) is 3.95. The van der Waals surface area contributed by atoms with Gasteiger partial charge in [0.05, 0.1) is 6.04 Å². The molecule has 1 fully saturated rings. The van der Waals surface area contributed by atoms with E-state index in [2.05, 4.69) is 5.32 Å². The van der Waals surface area contributed by atoms with E-state index in [0.29, 0.717) is 6.54 Å². The third kappa shape index (κ3) is 4.36. The van der Waals surface area contributed by atoms with Crippen LogP contribution in [0.4, 0.5) is 14.9 Å². The second-order valence-corrected chi connectivity index (χ2v) is 6.81. The van der Waals surface area contributed by atoms with Gasteiger partial charge in [0.25, 0.3) is 0 Å². The van der Waals surface area contributed by atoms with Gasteiger partial charge in [-0.25, -0.2) is 9.18 Å². The lowest BCUT2D eigenvalue weighted by Gasteiger charge is -2.29. The topological polar surface area (TPSA) is 41.6 Å². The number of anilines is 1. The molecule has 0 saturated carbocycles. The molecule has 2 rings (SSSR count). The summed E-state index contributed by atoms with van der Waals surface area (Å²) < 4.78 is 18.6. The van der Waals surface area contributed by atoms with Gasteiger partial charge in [-0.05, 0) is 64.3 Å². The number of benzene rings is 1. The average Bonchev–Trinajstić information content (AvgIpc) is 2.84. The highest BCUT2D eigenvalue weighted by Gasteiger charge is 2.31. The second-order valence-electron chi connectivity index (χ2n) is 6.81. The van der Waals surface area contributed by atoms with E-state index in [4.69, 9.17) is 4.74 Å². The predicted molar refractivity (Wildman–Crippen MR) is 85.6 cm³/mol. The van der Waals surface area contributed by atoms with Gasteiger partial charge in [-0.15, -0.1) is 0 Å². The summed E-state index contributed by atoms with van der Waals surface area (Å²) in [5.74, 6) is -0.237. The minimum Gasteiger partial charge on any atom is -0.444 e. The molecule has 1 aromatic carbocycles. The van der Waals surface area contributed by atoms with Crippen molar-refractivity contribution in [1.82, 2.24) is 4.90 Å². The van der Waals surface area contributed by atoms with Crippen LogP contribution in [0.15, 0.2) is 18.2 Å². The molecule has 1 aliphatic rings. The van der Waals surface area contributed by atoms with Crippen LogP contribution in [0.1, 0.15) is 39.2 Å². The maximum atomic E-state index is 13.1. The van der Waals surface area contributed by atoms with E-state index in [1.165, 1.54) is 12.1 Å². The normalized spacial score (nSPS) is 18.4. The van der Waals surface area contributed by atoms with Crippen molar-refractivity contribution in [2.24, 2.45) is 0 Å². The number of halogens is 1. The Morgan fingerprint density at radius 3 is 2.82 bits per heavy atom. The molecule has 0 aromatic heterocycles. The molecule has 1 heterocycles. The Labute approximate surface area is 131 Å². The van der Waals surface area contributed by atoms with Crippen LogP contribution < -0.4 is 5.32 Å². The molecular formula is C17H25FN2O2. The summed E-state index contributed by atoms with van der Waals surface area (Å²) in [5.41, 5.74) is 1.28. The molecular weight excluding hydrogens is 283 g/mol. The number of nitrogens with one attached hydrogen (secondary N) is 1. The summed E-state index contributed by atoms with van der Waals surface area (Å²) in [7, 11) is 0. The second kappa shape index (κ2) is 6.55. The maximum absolute atomic E-state index is 13.1. The van der Waals surface area contributed by atoms with E-state index in [9.17, 15) is 9.18 Å². The van der Waals surface area contributed by atoms with Crippen LogP contribution in [0.3, 0.4) is 0 Å². The minimum absolute atomic E-state index is 0.110. The van der Waals surface area contributed by atoms with Gasteiger partial charge in [0.15, 0.2) is 0 Å². The van der Waals surface area contributed by atoms with E-state index in [1.807, 2.05) is 27.7 Å². The molecule has 1 saturated heterocycles. The zero-order chi connectivity index (χ0) is 16.3. The largest absolute Gasteiger partial charge is 0.444 e. The average molecular weight is 308 g/mol. The molecule has 0 radical (unpaired) electrons. The molecule has 0 aliphatic carbocycles. The summed E-state index contributed by atoms with van der Waals surface area (Å²) in [5, 5.41) is 3.31. The summed E-state index contributed by atoms with van der Waals surface area (Å²) in [6.45, 7) is 8.85. The highest BCUT2D eigenvalue weighted by atomic mass is 19.1. The Hall–Kier alpha value is -1.78. The van der Waals surface area contributed by atoms with Crippen molar-refractivity contribution in [1.29, 1.82) is 0 Å². The van der Waals surface area contributed by atoms with Gasteiger partial charge in [-0.3, -0.25) is 0 Å². The number of aryl methyl sites for hydroxylation is 1. The summed E-state index contributed by atoms with van der Waals surface area (Å²) in [6, 6.07) is 4.79. The summed E-state index contributed by atoms with van der Waals surface area (Å²) in [4.78, 5) is 14.0. The molecule has 122 valence electrons. The first-order valence-electron chi connectivity index (χ1n) is 7.76. The molecule has 5 heteroatoms. The van der Waals surface area contributed by atoms with E-state index >= 15 is 0 Å². The quantitative estimate of drug-likeness (QED) is 0.919. The highest BCUT2D eigenvalue weighted by Crippen LogP contribution is 2.22. The highest BCUT2D eigenvalue weighted by molar-refractivity contribution is 5.69. The molecule has 1 aliphatic heterocycles. The molecule has 1 aromatic rings. The van der Waals surface area contributed by atoms with Gasteiger partial charge in [0, 0.05) is 18.8 Å². The number of carbonyl (C=O) groups excluding carboxylic acids is 1. The lowest BCUT2D eigenvalue weighted by Crippen LogP contribution is -2.42. The van der Waals surface area contributed by atoms with Crippen molar-refractivity contribution >= 4 is 11.8 Å². The Kier molecular flexibility index (Phi) is 4.94. The fourth-order valence-corrected chi connectivity index (χ4v) is 2.66. The monoisotopic (exact) mass is 308 g/mol. The van der Waals surface area contributed by atoms with Crippen LogP contribution in [0, 0.1) is 12.7 Å². The first-order chi connectivity index (χ1) is 10.3. The third-order valence-electron chi connectivity index (χ3n) is 3.72. The van der Waals surface area contributed by atoms with Crippen molar-refractivity contribution in [3.05, 3.63) is 29.6 Å². The van der Waals surface area contributed by atoms with Crippen molar-refractivity contribution in [2.45, 2.75) is 52.2 Å². The fraction of sp³-hybridized carbons (Fsp3) is 0.588. The summed E-state index contributed by atoms with van der Waals surface area (Å²) in [6.07, 6.45) is 1.67. The Balaban J connectivity index is 1.95. The van der Waals surface area contributed by atoms with Gasteiger partial charge < -0.3 is 15.0 Å². The number of carbonyl (C=O) groups is 1. The van der Waals surface area contributed by atoms with Crippen LogP contribution in [0.2, 0.25) is 0 Å². The van der Waals surface area contributed by atoms with E-state index in [-0.39, 0.29) is 18.0 Å². The minimum atomic E-state index is -0.481. The zero-order valence-electron chi connectivity index (χ0n) is 13.8. The van der Waals surface area contributed by atoms with Crippen molar-refractivity contribution in [3.63, 3.8) is 0 Å². The van der Waals surface area contributed by atoms with Crippen molar-refractivity contribution < 1.29 is 13.9 Å². The van der Waals surface area contributed by atoms with Crippen LogP contribution in [0.5, 0.6) is 0 Å². The first kappa shape index (κ1) is 16.6. The molecule has 4 nitrogen and oxygen atoms in total. The zero-order valence-corrected chi connectivity index (χ0v) is 13.8. The van der Waals surface area contributed by atoms with Crippen LogP contribution in [-0.2, 0) is 4.74 Å². The molecule has 22 heavy (non-hydrogen) atoms. The van der Waals surface area contributed by atoms with Crippen molar-refractivity contribution in [2.75, 3.05) is 18.4 Å². The fourth-order valence-electron chi connectivity index (χ4n) is 2.66. The van der Waals surface area contributed by atoms with Gasteiger partial charge in [0.2, 0.25) is 0 Å². The Morgan fingerprint density at radius 1 is 1.45 bits per heavy atom. The van der Waals surface area contributed by atoms with Gasteiger partial charge in [-0.1, -0.05) is 0 Å². The van der Waals surface area contributed by atoms with Crippen LogP contribution >= 0.6 is 0 Å². The smallest absolute Gasteiger partial charge is 0.410 e. The SMILES string of the molecule is Cc1cc(F)ccc1NCC1CCCN1C(=O)OC(C)(C)C. The van der Waals surface area contributed by atoms with Crippen molar-refractivity contribution in [3.8, 4) is 0 Å². The van der Waals surface area contributed by atoms with Gasteiger partial charge in [-0.2, -0.15) is 0 Å². The number of ether oxygens (including phenoxy) is 1. The maximum Gasteiger partial charge on any atom is 0.410 e. The number of amides is 1. The first-order valence-corrected chi connectivity index (χ1v) is 7.76. The van der Waals surface area contributed by atoms with Crippen LogP contribution in [-0.4, -0.2) is 35.7 Å². The standard InChI is InChI=1S/C17H25FN2O2/c1-12-10-13(18)7-8-15(12)19-11-14-6-5-9-20(14)16(21)22-17(2,3)4/h7-8,10,14,19H,5-6,9,11H2,1-4H3. The van der Waals surface area contributed by atoms with E-state index in [1.54, 1.807) is 11.0 Å². The van der Waals surface area contributed by atoms with Gasteiger partial charge >= 0.3 is 6.09 Å². The molecule has 0 spiro atoms. The van der Waals surface area contributed by atoms with E-state index in [0.717, 1.165) is 30.6 Å². The molecule has 1 amide bonds. The van der Waals surface area contributed by atoms with E-state index < -0.39 is 5.60 Å². The molecule has 1 atom stereocenters. The lowest BCUT2D eigenvalue weighted by molar-refractivity contribution is 0.0235. The number of likely N-dealkylation sites (tertiary alicyclic amines) is 1. The molecule has 0 bridgehead atoms. The number of rotatable bonds is 3. The number of hydrogen-bond acceptors (Lipinski definition) is 3. The van der Waals surface area contributed by atoms with Crippen LogP contribution in [0.25, 0.3) is 0 Å². The molecule has 1 unspecified atom stereocenters. The lowest BCUT2D eigenvalue weighted by atomic mass is 10.1. The number of nitrogens with zero attached hydrogens (tertiary/aromatic N) is 1.